The van der Waals surface area contributed by atoms with Crippen LogP contribution in [0.15, 0.2) is 35.6 Å². The first-order chi connectivity index (χ1) is 11.1. The molecule has 2 aromatic rings. The van der Waals surface area contributed by atoms with Crippen molar-refractivity contribution in [2.45, 2.75) is 6.92 Å². The molecule has 1 aliphatic rings. The SMILES string of the molecule is CON=C1CN(c2ncc(-c3cccc(C)c3F)cc2C#N)C1. The Bertz CT molecular complexity index is 818. The second-order valence-electron chi connectivity index (χ2n) is 5.34. The minimum Gasteiger partial charge on any atom is -0.399 e. The topological polar surface area (TPSA) is 61.5 Å². The van der Waals surface area contributed by atoms with Crippen molar-refractivity contribution in [1.29, 1.82) is 5.26 Å². The Hall–Kier alpha value is -2.94. The van der Waals surface area contributed by atoms with E-state index in [2.05, 4.69) is 16.2 Å². The minimum atomic E-state index is -0.288. The largest absolute Gasteiger partial charge is 0.399 e. The summed E-state index contributed by atoms with van der Waals surface area (Å²) in [7, 11) is 1.50. The minimum absolute atomic E-state index is 0.288. The molecule has 0 amide bonds. The second kappa shape index (κ2) is 6.05. The molecule has 0 unspecified atom stereocenters. The maximum Gasteiger partial charge on any atom is 0.147 e. The van der Waals surface area contributed by atoms with Gasteiger partial charge in [-0.3, -0.25) is 0 Å². The average molecular weight is 310 g/mol. The highest BCUT2D eigenvalue weighted by Crippen LogP contribution is 2.29. The number of oxime groups is 1. The zero-order valence-corrected chi connectivity index (χ0v) is 12.9. The quantitative estimate of drug-likeness (QED) is 0.818. The molecule has 1 aromatic carbocycles. The Kier molecular flexibility index (Phi) is 3.94. The van der Waals surface area contributed by atoms with Gasteiger partial charge in [-0.05, 0) is 18.6 Å². The smallest absolute Gasteiger partial charge is 0.147 e. The van der Waals surface area contributed by atoms with Crippen LogP contribution in [-0.4, -0.2) is 30.9 Å². The number of nitrogens with zero attached hydrogens (tertiary/aromatic N) is 4. The summed E-state index contributed by atoms with van der Waals surface area (Å²) >= 11 is 0. The van der Waals surface area contributed by atoms with Crippen molar-refractivity contribution < 1.29 is 9.23 Å². The first-order valence-corrected chi connectivity index (χ1v) is 7.13. The third-order valence-corrected chi connectivity index (χ3v) is 3.76. The van der Waals surface area contributed by atoms with Gasteiger partial charge in [-0.1, -0.05) is 23.4 Å². The van der Waals surface area contributed by atoms with Crippen LogP contribution >= 0.6 is 0 Å². The Morgan fingerprint density at radius 3 is 2.87 bits per heavy atom. The number of rotatable bonds is 3. The average Bonchev–Trinajstić information content (AvgIpc) is 2.53. The van der Waals surface area contributed by atoms with Crippen molar-refractivity contribution in [1.82, 2.24) is 4.98 Å². The van der Waals surface area contributed by atoms with Crippen molar-refractivity contribution in [2.24, 2.45) is 5.16 Å². The lowest BCUT2D eigenvalue weighted by molar-refractivity contribution is 0.211. The van der Waals surface area contributed by atoms with Gasteiger partial charge in [0, 0.05) is 17.3 Å². The van der Waals surface area contributed by atoms with Gasteiger partial charge in [-0.2, -0.15) is 5.26 Å². The molecule has 0 aliphatic carbocycles. The van der Waals surface area contributed by atoms with Crippen LogP contribution in [-0.2, 0) is 4.84 Å². The van der Waals surface area contributed by atoms with Gasteiger partial charge in [-0.15, -0.1) is 0 Å². The molecule has 1 aliphatic heterocycles. The third kappa shape index (κ3) is 2.73. The number of hydrogen-bond acceptors (Lipinski definition) is 5. The van der Waals surface area contributed by atoms with E-state index in [1.165, 1.54) is 7.11 Å². The Balaban J connectivity index is 1.94. The van der Waals surface area contributed by atoms with Crippen LogP contribution < -0.4 is 4.90 Å². The van der Waals surface area contributed by atoms with Gasteiger partial charge in [0.1, 0.15) is 24.8 Å². The fourth-order valence-electron chi connectivity index (χ4n) is 2.54. The maximum atomic E-state index is 14.2. The van der Waals surface area contributed by atoms with E-state index < -0.39 is 0 Å². The highest BCUT2D eigenvalue weighted by Gasteiger charge is 2.26. The number of aryl methyl sites for hydroxylation is 1. The number of pyridine rings is 1. The lowest BCUT2D eigenvalue weighted by Gasteiger charge is -2.33. The summed E-state index contributed by atoms with van der Waals surface area (Å²) < 4.78 is 14.2. The number of anilines is 1. The molecule has 3 rings (SSSR count). The van der Waals surface area contributed by atoms with Crippen LogP contribution in [0.25, 0.3) is 11.1 Å². The molecule has 1 fully saturated rings. The molecule has 0 spiro atoms. The molecule has 116 valence electrons. The van der Waals surface area contributed by atoms with E-state index >= 15 is 0 Å². The fraction of sp³-hybridized carbons (Fsp3) is 0.235. The van der Waals surface area contributed by atoms with Crippen LogP contribution in [0.3, 0.4) is 0 Å². The lowest BCUT2D eigenvalue weighted by atomic mass is 10.0. The van der Waals surface area contributed by atoms with E-state index in [1.807, 2.05) is 4.90 Å². The van der Waals surface area contributed by atoms with E-state index in [9.17, 15) is 9.65 Å². The van der Waals surface area contributed by atoms with Gasteiger partial charge in [0.2, 0.25) is 0 Å². The molecule has 2 heterocycles. The molecule has 6 heteroatoms. The number of benzene rings is 1. The first kappa shape index (κ1) is 15.0. The van der Waals surface area contributed by atoms with Crippen LogP contribution in [0.1, 0.15) is 11.1 Å². The standard InChI is InChI=1S/C17H15FN4O/c1-11-4-3-5-15(16(11)18)13-6-12(7-19)17(20-8-13)22-9-14(10-22)21-23-2/h3-6,8H,9-10H2,1-2H3. The zero-order valence-electron chi connectivity index (χ0n) is 12.9. The van der Waals surface area contributed by atoms with E-state index in [4.69, 9.17) is 4.84 Å². The summed E-state index contributed by atoms with van der Waals surface area (Å²) in [5.41, 5.74) is 2.92. The van der Waals surface area contributed by atoms with Crippen LogP contribution in [0.4, 0.5) is 10.2 Å². The number of halogens is 1. The zero-order chi connectivity index (χ0) is 16.4. The first-order valence-electron chi connectivity index (χ1n) is 7.13. The summed E-state index contributed by atoms with van der Waals surface area (Å²) in [5.74, 6) is 0.295. The van der Waals surface area contributed by atoms with Gasteiger partial charge in [0.15, 0.2) is 0 Å². The Morgan fingerprint density at radius 2 is 2.17 bits per heavy atom. The maximum absolute atomic E-state index is 14.2. The van der Waals surface area contributed by atoms with Crippen LogP contribution in [0.5, 0.6) is 0 Å². The van der Waals surface area contributed by atoms with Gasteiger partial charge in [0.05, 0.1) is 24.4 Å². The second-order valence-corrected chi connectivity index (χ2v) is 5.34. The van der Waals surface area contributed by atoms with Gasteiger partial charge in [0.25, 0.3) is 0 Å². The molecule has 1 saturated heterocycles. The predicted octanol–water partition coefficient (Wildman–Crippen LogP) is 2.89. The predicted molar refractivity (Wildman–Crippen MR) is 85.7 cm³/mol. The molecular formula is C17H15FN4O. The molecule has 1 aromatic heterocycles. The number of hydrogen-bond donors (Lipinski definition) is 0. The normalized spacial score (nSPS) is 13.3. The third-order valence-electron chi connectivity index (χ3n) is 3.76. The van der Waals surface area contributed by atoms with Crippen molar-refractivity contribution in [2.75, 3.05) is 25.1 Å². The van der Waals surface area contributed by atoms with Crippen molar-refractivity contribution in [3.8, 4) is 17.2 Å². The number of aromatic nitrogens is 1. The molecule has 0 radical (unpaired) electrons. The molecule has 0 saturated carbocycles. The van der Waals surface area contributed by atoms with E-state index in [1.54, 1.807) is 37.4 Å². The van der Waals surface area contributed by atoms with Crippen LogP contribution in [0.2, 0.25) is 0 Å². The fourth-order valence-corrected chi connectivity index (χ4v) is 2.54. The van der Waals surface area contributed by atoms with E-state index in [-0.39, 0.29) is 5.82 Å². The van der Waals surface area contributed by atoms with Gasteiger partial charge in [-0.25, -0.2) is 9.37 Å². The molecule has 0 N–H and O–H groups in total. The Morgan fingerprint density at radius 1 is 1.39 bits per heavy atom. The monoisotopic (exact) mass is 310 g/mol. The number of nitriles is 1. The molecule has 0 atom stereocenters. The summed E-state index contributed by atoms with van der Waals surface area (Å²) in [6.45, 7) is 2.86. The summed E-state index contributed by atoms with van der Waals surface area (Å²) in [6, 6.07) is 9.00. The lowest BCUT2D eigenvalue weighted by Crippen LogP contribution is -2.48. The van der Waals surface area contributed by atoms with Crippen molar-refractivity contribution >= 4 is 11.5 Å². The van der Waals surface area contributed by atoms with Gasteiger partial charge < -0.3 is 9.74 Å². The molecule has 5 nitrogen and oxygen atoms in total. The van der Waals surface area contributed by atoms with Crippen LogP contribution in [0, 0.1) is 24.1 Å². The van der Waals surface area contributed by atoms with Crippen molar-refractivity contribution in [3.63, 3.8) is 0 Å². The summed E-state index contributed by atoms with van der Waals surface area (Å²) in [6.07, 6.45) is 1.60. The summed E-state index contributed by atoms with van der Waals surface area (Å²) in [4.78, 5) is 11.0. The van der Waals surface area contributed by atoms with Crippen molar-refractivity contribution in [3.05, 3.63) is 47.4 Å². The molecular weight excluding hydrogens is 295 g/mol. The molecule has 0 bridgehead atoms. The van der Waals surface area contributed by atoms with E-state index in [0.29, 0.717) is 41.2 Å². The highest BCUT2D eigenvalue weighted by molar-refractivity contribution is 5.99. The highest BCUT2D eigenvalue weighted by atomic mass is 19.1. The summed E-state index contributed by atoms with van der Waals surface area (Å²) in [5, 5.41) is 13.2. The molecule has 23 heavy (non-hydrogen) atoms. The Labute approximate surface area is 133 Å². The van der Waals surface area contributed by atoms with Gasteiger partial charge >= 0.3 is 0 Å². The van der Waals surface area contributed by atoms with E-state index in [0.717, 1.165) is 5.71 Å².